The van der Waals surface area contributed by atoms with Gasteiger partial charge in [-0.05, 0) is 47.7 Å². The molecule has 0 aliphatic rings. The fourth-order valence-corrected chi connectivity index (χ4v) is 2.91. The van der Waals surface area contributed by atoms with Gasteiger partial charge < -0.3 is 9.47 Å². The molecule has 0 aliphatic heterocycles. The molecule has 22 heavy (non-hydrogen) atoms. The Balaban J connectivity index is 2.37. The van der Waals surface area contributed by atoms with E-state index in [0.717, 1.165) is 11.5 Å². The van der Waals surface area contributed by atoms with Crippen molar-refractivity contribution in [1.82, 2.24) is 0 Å². The highest BCUT2D eigenvalue weighted by atomic mass is 16.5. The molecular weight excluding hydrogens is 272 g/mol. The van der Waals surface area contributed by atoms with Crippen LogP contribution < -0.4 is 9.47 Å². The van der Waals surface area contributed by atoms with Crippen molar-refractivity contribution in [2.24, 2.45) is 5.41 Å². The topological polar surface area (TPSA) is 18.5 Å². The number of rotatable bonds is 5. The molecular formula is C20H26O2. The fraction of sp³-hybridized carbons (Fsp3) is 0.400. The summed E-state index contributed by atoms with van der Waals surface area (Å²) in [6.07, 6.45) is 0. The summed E-state index contributed by atoms with van der Waals surface area (Å²) in [5.41, 5.74) is 2.74. The second-order valence-corrected chi connectivity index (χ2v) is 6.57. The third kappa shape index (κ3) is 3.82. The lowest BCUT2D eigenvalue weighted by Gasteiger charge is -2.32. The van der Waals surface area contributed by atoms with E-state index in [0.29, 0.717) is 12.5 Å². The van der Waals surface area contributed by atoms with E-state index in [1.165, 1.54) is 11.1 Å². The minimum absolute atomic E-state index is 0.127. The Hall–Kier alpha value is -1.96. The highest BCUT2D eigenvalue weighted by Crippen LogP contribution is 2.41. The normalized spacial score (nSPS) is 12.8. The second-order valence-electron chi connectivity index (χ2n) is 6.57. The third-order valence-corrected chi connectivity index (χ3v) is 3.84. The second kappa shape index (κ2) is 6.87. The van der Waals surface area contributed by atoms with E-state index in [2.05, 4.69) is 57.2 Å². The maximum atomic E-state index is 5.55. The van der Waals surface area contributed by atoms with Crippen LogP contribution in [0.4, 0.5) is 0 Å². The van der Waals surface area contributed by atoms with E-state index in [-0.39, 0.29) is 5.41 Å². The molecule has 0 heterocycles. The third-order valence-electron chi connectivity index (χ3n) is 3.84. The Morgan fingerprint density at radius 1 is 0.818 bits per heavy atom. The van der Waals surface area contributed by atoms with Gasteiger partial charge in [-0.3, -0.25) is 0 Å². The zero-order valence-corrected chi connectivity index (χ0v) is 14.2. The molecule has 2 heteroatoms. The number of hydrogen-bond donors (Lipinski definition) is 0. The molecule has 0 bridgehead atoms. The first-order valence-corrected chi connectivity index (χ1v) is 7.82. The molecule has 0 saturated heterocycles. The van der Waals surface area contributed by atoms with Crippen molar-refractivity contribution in [2.75, 3.05) is 13.7 Å². The van der Waals surface area contributed by atoms with Crippen LogP contribution in [0.25, 0.3) is 0 Å². The standard InChI is InChI=1S/C20H26O2/c1-6-22-18-13-9-16(10-14-18)19(20(2,3)4)15-7-11-17(21-5)12-8-15/h7-14,19H,6H2,1-5H3. The Morgan fingerprint density at radius 2 is 1.27 bits per heavy atom. The molecule has 2 rings (SSSR count). The Bertz CT molecular complexity index is 577. The molecule has 1 unspecified atom stereocenters. The Labute approximate surface area is 134 Å². The van der Waals surface area contributed by atoms with Crippen LogP contribution in [-0.4, -0.2) is 13.7 Å². The first-order valence-electron chi connectivity index (χ1n) is 7.82. The van der Waals surface area contributed by atoms with Gasteiger partial charge in [-0.25, -0.2) is 0 Å². The summed E-state index contributed by atoms with van der Waals surface area (Å²) in [6, 6.07) is 16.8. The van der Waals surface area contributed by atoms with Crippen molar-refractivity contribution in [3.63, 3.8) is 0 Å². The molecule has 2 aromatic rings. The maximum absolute atomic E-state index is 5.55. The molecule has 0 aliphatic carbocycles. The van der Waals surface area contributed by atoms with Crippen LogP contribution in [0.1, 0.15) is 44.7 Å². The van der Waals surface area contributed by atoms with Crippen LogP contribution in [0, 0.1) is 5.41 Å². The lowest BCUT2D eigenvalue weighted by molar-refractivity contribution is 0.338. The van der Waals surface area contributed by atoms with Crippen molar-refractivity contribution in [2.45, 2.75) is 33.6 Å². The lowest BCUT2D eigenvalue weighted by Crippen LogP contribution is -2.19. The predicted molar refractivity (Wildman–Crippen MR) is 91.9 cm³/mol. The van der Waals surface area contributed by atoms with Gasteiger partial charge >= 0.3 is 0 Å². The Morgan fingerprint density at radius 3 is 1.64 bits per heavy atom. The predicted octanol–water partition coefficient (Wildman–Crippen LogP) is 5.27. The van der Waals surface area contributed by atoms with Gasteiger partial charge in [-0.15, -0.1) is 0 Å². The van der Waals surface area contributed by atoms with Crippen molar-refractivity contribution >= 4 is 0 Å². The summed E-state index contributed by atoms with van der Waals surface area (Å²) in [7, 11) is 1.70. The van der Waals surface area contributed by atoms with Gasteiger partial charge in [0.05, 0.1) is 13.7 Å². The average molecular weight is 298 g/mol. The summed E-state index contributed by atoms with van der Waals surface area (Å²) in [4.78, 5) is 0. The first kappa shape index (κ1) is 16.4. The zero-order valence-electron chi connectivity index (χ0n) is 14.2. The van der Waals surface area contributed by atoms with E-state index >= 15 is 0 Å². The van der Waals surface area contributed by atoms with Gasteiger partial charge in [0.1, 0.15) is 11.5 Å². The molecule has 118 valence electrons. The summed E-state index contributed by atoms with van der Waals surface area (Å²) >= 11 is 0. The smallest absolute Gasteiger partial charge is 0.119 e. The largest absolute Gasteiger partial charge is 0.497 e. The van der Waals surface area contributed by atoms with Crippen LogP contribution in [0.5, 0.6) is 11.5 Å². The average Bonchev–Trinajstić information content (AvgIpc) is 2.49. The fourth-order valence-electron chi connectivity index (χ4n) is 2.91. The van der Waals surface area contributed by atoms with E-state index in [4.69, 9.17) is 9.47 Å². The first-order chi connectivity index (χ1) is 10.5. The minimum Gasteiger partial charge on any atom is -0.497 e. The van der Waals surface area contributed by atoms with Crippen LogP contribution in [0.2, 0.25) is 0 Å². The molecule has 2 nitrogen and oxygen atoms in total. The lowest BCUT2D eigenvalue weighted by atomic mass is 9.72. The van der Waals surface area contributed by atoms with Gasteiger partial charge in [-0.1, -0.05) is 45.0 Å². The summed E-state index contributed by atoms with van der Waals surface area (Å²) in [5.74, 6) is 2.14. The van der Waals surface area contributed by atoms with Gasteiger partial charge in [0.25, 0.3) is 0 Å². The molecule has 0 N–H and O–H groups in total. The van der Waals surface area contributed by atoms with E-state index in [9.17, 15) is 0 Å². The van der Waals surface area contributed by atoms with Crippen LogP contribution >= 0.6 is 0 Å². The summed E-state index contributed by atoms with van der Waals surface area (Å²) < 4.78 is 10.8. The van der Waals surface area contributed by atoms with Gasteiger partial charge in [0.15, 0.2) is 0 Å². The van der Waals surface area contributed by atoms with Crippen LogP contribution in [0.3, 0.4) is 0 Å². The molecule has 0 aromatic heterocycles. The monoisotopic (exact) mass is 298 g/mol. The van der Waals surface area contributed by atoms with Gasteiger partial charge in [0, 0.05) is 5.92 Å². The molecule has 0 fully saturated rings. The van der Waals surface area contributed by atoms with Gasteiger partial charge in [-0.2, -0.15) is 0 Å². The minimum atomic E-state index is 0.127. The van der Waals surface area contributed by atoms with Crippen LogP contribution in [-0.2, 0) is 0 Å². The molecule has 0 amide bonds. The SMILES string of the molecule is CCOc1ccc(C(c2ccc(OC)cc2)C(C)(C)C)cc1. The van der Waals surface area contributed by atoms with Crippen molar-refractivity contribution in [3.8, 4) is 11.5 Å². The Kier molecular flexibility index (Phi) is 5.12. The van der Waals surface area contributed by atoms with Crippen molar-refractivity contribution in [3.05, 3.63) is 59.7 Å². The van der Waals surface area contributed by atoms with E-state index in [1.54, 1.807) is 7.11 Å². The number of ether oxygens (including phenoxy) is 2. The van der Waals surface area contributed by atoms with Gasteiger partial charge in [0.2, 0.25) is 0 Å². The molecule has 0 saturated carbocycles. The van der Waals surface area contributed by atoms with Crippen LogP contribution in [0.15, 0.2) is 48.5 Å². The molecule has 0 radical (unpaired) electrons. The molecule has 0 spiro atoms. The maximum Gasteiger partial charge on any atom is 0.119 e. The summed E-state index contributed by atoms with van der Waals surface area (Å²) in [6.45, 7) is 9.53. The van der Waals surface area contributed by atoms with E-state index in [1.807, 2.05) is 19.1 Å². The number of benzene rings is 2. The highest BCUT2D eigenvalue weighted by molar-refractivity contribution is 5.39. The molecule has 1 atom stereocenters. The highest BCUT2D eigenvalue weighted by Gasteiger charge is 2.27. The zero-order chi connectivity index (χ0) is 16.2. The summed E-state index contributed by atoms with van der Waals surface area (Å²) in [5, 5.41) is 0. The molecule has 2 aromatic carbocycles. The van der Waals surface area contributed by atoms with E-state index < -0.39 is 0 Å². The number of hydrogen-bond acceptors (Lipinski definition) is 2. The number of methoxy groups -OCH3 is 1. The van der Waals surface area contributed by atoms with Crippen molar-refractivity contribution < 1.29 is 9.47 Å². The van der Waals surface area contributed by atoms with Crippen molar-refractivity contribution in [1.29, 1.82) is 0 Å². The quantitative estimate of drug-likeness (QED) is 0.748.